The molecule has 1 aliphatic heterocycles. The van der Waals surface area contributed by atoms with Gasteiger partial charge in [-0.05, 0) is 35.4 Å². The van der Waals surface area contributed by atoms with Crippen LogP contribution in [0, 0.1) is 0 Å². The number of hydrogen-bond acceptors (Lipinski definition) is 5. The van der Waals surface area contributed by atoms with Crippen molar-refractivity contribution in [1.82, 2.24) is 4.90 Å². The molecular weight excluding hydrogens is 370 g/mol. The minimum Gasteiger partial charge on any atom is -0.611 e. The number of methoxy groups -OCH3 is 1. The van der Waals surface area contributed by atoms with Crippen molar-refractivity contribution in [3.05, 3.63) is 54.6 Å². The van der Waals surface area contributed by atoms with Crippen LogP contribution in [-0.4, -0.2) is 52.5 Å². The van der Waals surface area contributed by atoms with Crippen molar-refractivity contribution < 1.29 is 18.8 Å². The van der Waals surface area contributed by atoms with Crippen molar-refractivity contribution in [2.75, 3.05) is 31.8 Å². The average Bonchev–Trinajstić information content (AvgIpc) is 3.16. The van der Waals surface area contributed by atoms with Crippen LogP contribution in [0.25, 0.3) is 0 Å². The van der Waals surface area contributed by atoms with Crippen LogP contribution in [0.1, 0.15) is 0 Å². The Hall–Kier alpha value is -1.83. The van der Waals surface area contributed by atoms with Gasteiger partial charge in [0, 0.05) is 12.3 Å². The van der Waals surface area contributed by atoms with Crippen molar-refractivity contribution >= 4 is 28.8 Å². The van der Waals surface area contributed by atoms with Crippen LogP contribution in [0.4, 0.5) is 0 Å². The van der Waals surface area contributed by atoms with Gasteiger partial charge in [0.15, 0.2) is 22.1 Å². The van der Waals surface area contributed by atoms with Crippen LogP contribution in [0.3, 0.4) is 0 Å². The Kier molecular flexibility index (Phi) is 6.71. The third kappa shape index (κ3) is 4.66. The number of hydrogen-bond donors (Lipinski definition) is 0. The summed E-state index contributed by atoms with van der Waals surface area (Å²) in [7, 11) is 1.60. The molecule has 2 atom stereocenters. The van der Waals surface area contributed by atoms with Crippen LogP contribution in [0.5, 0.6) is 11.5 Å². The molecule has 1 aliphatic rings. The maximum Gasteiger partial charge on any atom is 0.274 e. The van der Waals surface area contributed by atoms with E-state index >= 15 is 0 Å². The van der Waals surface area contributed by atoms with Crippen LogP contribution in [0.2, 0.25) is 0 Å². The normalized spacial score (nSPS) is 17.8. The summed E-state index contributed by atoms with van der Waals surface area (Å²) < 4.78 is 23.5. The van der Waals surface area contributed by atoms with E-state index in [2.05, 4.69) is 0 Å². The molecule has 3 rings (SSSR count). The summed E-state index contributed by atoms with van der Waals surface area (Å²) in [6.45, 7) is 1.02. The zero-order valence-corrected chi connectivity index (χ0v) is 16.1. The van der Waals surface area contributed by atoms with Gasteiger partial charge in [-0.25, -0.2) is 0 Å². The molecule has 2 aromatic rings. The predicted octanol–water partition coefficient (Wildman–Crippen LogP) is 2.78. The number of rotatable bonds is 7. The summed E-state index contributed by atoms with van der Waals surface area (Å²) in [6, 6.07) is 16.5. The Morgan fingerprint density at radius 3 is 2.62 bits per heavy atom. The van der Waals surface area contributed by atoms with Gasteiger partial charge in [-0.3, -0.25) is 4.79 Å². The molecule has 0 aromatic heterocycles. The molecule has 0 bridgehead atoms. The minimum absolute atomic E-state index is 0.00423. The number of thioether (sulfide) groups is 1. The second kappa shape index (κ2) is 9.21. The Morgan fingerprint density at radius 2 is 1.88 bits per heavy atom. The summed E-state index contributed by atoms with van der Waals surface area (Å²) in [5, 5.41) is -0.0832. The minimum atomic E-state index is -1.33. The largest absolute Gasteiger partial charge is 0.611 e. The fourth-order valence-corrected chi connectivity index (χ4v) is 4.85. The summed E-state index contributed by atoms with van der Waals surface area (Å²) in [4.78, 5) is 15.1. The van der Waals surface area contributed by atoms with Crippen LogP contribution < -0.4 is 9.47 Å². The SMILES string of the molecule is COc1ccccc1OC[C@H]1SCCN1C(=O)C[S@+]([O-])c1ccccc1. The summed E-state index contributed by atoms with van der Waals surface area (Å²) in [5.41, 5.74) is 0. The number of benzene rings is 2. The highest BCUT2D eigenvalue weighted by molar-refractivity contribution is 8.00. The molecular formula is C19H21NO4S2. The third-order valence-corrected chi connectivity index (χ3v) is 6.52. The molecule has 0 saturated carbocycles. The number of nitrogens with zero attached hydrogens (tertiary/aromatic N) is 1. The highest BCUT2D eigenvalue weighted by Crippen LogP contribution is 2.29. The van der Waals surface area contributed by atoms with E-state index in [0.29, 0.717) is 29.5 Å². The smallest absolute Gasteiger partial charge is 0.274 e. The predicted molar refractivity (Wildman–Crippen MR) is 104 cm³/mol. The fourth-order valence-electron chi connectivity index (χ4n) is 2.69. The monoisotopic (exact) mass is 391 g/mol. The Balaban J connectivity index is 1.58. The van der Waals surface area contributed by atoms with Gasteiger partial charge in [0.1, 0.15) is 12.0 Å². The van der Waals surface area contributed by atoms with Gasteiger partial charge >= 0.3 is 0 Å². The van der Waals surface area contributed by atoms with E-state index < -0.39 is 11.2 Å². The molecule has 2 aromatic carbocycles. The van der Waals surface area contributed by atoms with E-state index in [9.17, 15) is 9.35 Å². The Labute approximate surface area is 160 Å². The second-order valence-electron chi connectivity index (χ2n) is 5.68. The van der Waals surface area contributed by atoms with Crippen molar-refractivity contribution in [1.29, 1.82) is 0 Å². The molecule has 0 spiro atoms. The highest BCUT2D eigenvalue weighted by atomic mass is 32.2. The number of carbonyl (C=O) groups excluding carboxylic acids is 1. The van der Waals surface area contributed by atoms with E-state index in [0.717, 1.165) is 5.75 Å². The summed E-state index contributed by atoms with van der Waals surface area (Å²) >= 11 is 0.344. The molecule has 1 heterocycles. The maximum atomic E-state index is 12.6. The first-order valence-electron chi connectivity index (χ1n) is 8.29. The van der Waals surface area contributed by atoms with Gasteiger partial charge in [-0.2, -0.15) is 0 Å². The number of ether oxygens (including phenoxy) is 2. The van der Waals surface area contributed by atoms with Gasteiger partial charge < -0.3 is 18.9 Å². The van der Waals surface area contributed by atoms with Crippen molar-refractivity contribution in [3.8, 4) is 11.5 Å². The first-order valence-corrected chi connectivity index (χ1v) is 10.7. The molecule has 0 aliphatic carbocycles. The van der Waals surface area contributed by atoms with Crippen LogP contribution in [0.15, 0.2) is 59.5 Å². The molecule has 5 nitrogen and oxygen atoms in total. The molecule has 1 saturated heterocycles. The summed E-state index contributed by atoms with van der Waals surface area (Å²) in [5.74, 6) is 2.06. The van der Waals surface area contributed by atoms with Gasteiger partial charge in [0.05, 0.1) is 7.11 Å². The van der Waals surface area contributed by atoms with E-state index in [1.807, 2.05) is 42.5 Å². The van der Waals surface area contributed by atoms with Crippen molar-refractivity contribution in [2.45, 2.75) is 10.3 Å². The molecule has 0 unspecified atom stereocenters. The maximum absolute atomic E-state index is 12.6. The molecule has 0 N–H and O–H groups in total. The quantitative estimate of drug-likeness (QED) is 0.679. The van der Waals surface area contributed by atoms with Crippen molar-refractivity contribution in [2.24, 2.45) is 0 Å². The molecule has 138 valence electrons. The van der Waals surface area contributed by atoms with E-state index in [4.69, 9.17) is 9.47 Å². The molecule has 0 radical (unpaired) electrons. The standard InChI is InChI=1S/C19H21NO4S2/c1-23-16-9-5-6-10-17(16)24-13-19-20(11-12-25-19)18(21)14-26(22)15-7-3-2-4-8-15/h2-10,19H,11-14H2,1H3/t19-,26+/m1/s1. The molecule has 1 fully saturated rings. The van der Waals surface area contributed by atoms with Crippen LogP contribution >= 0.6 is 11.8 Å². The lowest BCUT2D eigenvalue weighted by Crippen LogP contribution is -2.41. The van der Waals surface area contributed by atoms with E-state index in [1.54, 1.807) is 35.9 Å². The molecule has 1 amide bonds. The molecule has 7 heteroatoms. The lowest BCUT2D eigenvalue weighted by molar-refractivity contribution is -0.128. The number of amides is 1. The summed E-state index contributed by atoms with van der Waals surface area (Å²) in [6.07, 6.45) is 0. The van der Waals surface area contributed by atoms with Gasteiger partial charge in [-0.15, -0.1) is 11.8 Å². The third-order valence-electron chi connectivity index (χ3n) is 4.02. The highest BCUT2D eigenvalue weighted by Gasteiger charge is 2.32. The van der Waals surface area contributed by atoms with Crippen LogP contribution in [-0.2, 0) is 16.0 Å². The van der Waals surface area contributed by atoms with Gasteiger partial charge in [0.2, 0.25) is 0 Å². The van der Waals surface area contributed by atoms with E-state index in [-0.39, 0.29) is 17.0 Å². The fraction of sp³-hybridized carbons (Fsp3) is 0.316. The van der Waals surface area contributed by atoms with Gasteiger partial charge in [-0.1, -0.05) is 30.3 Å². The first kappa shape index (κ1) is 18.9. The Morgan fingerprint density at radius 1 is 1.19 bits per heavy atom. The van der Waals surface area contributed by atoms with Crippen molar-refractivity contribution in [3.63, 3.8) is 0 Å². The topological polar surface area (TPSA) is 61.8 Å². The number of para-hydroxylation sites is 2. The first-order chi connectivity index (χ1) is 12.7. The zero-order chi connectivity index (χ0) is 18.4. The van der Waals surface area contributed by atoms with E-state index in [1.165, 1.54) is 0 Å². The number of carbonyl (C=O) groups is 1. The lowest BCUT2D eigenvalue weighted by Gasteiger charge is -2.24. The average molecular weight is 392 g/mol. The zero-order valence-electron chi connectivity index (χ0n) is 14.5. The second-order valence-corrected chi connectivity index (χ2v) is 8.41. The lowest BCUT2D eigenvalue weighted by atomic mass is 10.3. The Bertz CT molecular complexity index is 728. The molecule has 26 heavy (non-hydrogen) atoms. The van der Waals surface area contributed by atoms with Gasteiger partial charge in [0.25, 0.3) is 5.91 Å².